The van der Waals surface area contributed by atoms with Gasteiger partial charge in [0.25, 0.3) is 0 Å². The molecule has 0 aromatic heterocycles. The number of rotatable bonds is 10. The lowest BCUT2D eigenvalue weighted by molar-refractivity contribution is -0.0506. The molecule has 0 aromatic carbocycles. The third kappa shape index (κ3) is 9.57. The first-order valence-electron chi connectivity index (χ1n) is 6.82. The molecule has 0 bridgehead atoms. The Labute approximate surface area is 107 Å². The summed E-state index contributed by atoms with van der Waals surface area (Å²) in [5.41, 5.74) is 0.185. The molecule has 104 valence electrons. The molecule has 1 atom stereocenters. The molecule has 0 saturated heterocycles. The van der Waals surface area contributed by atoms with Crippen LogP contribution in [0.25, 0.3) is 0 Å². The van der Waals surface area contributed by atoms with Gasteiger partial charge < -0.3 is 14.6 Å². The van der Waals surface area contributed by atoms with Crippen LogP contribution >= 0.6 is 0 Å². The van der Waals surface area contributed by atoms with E-state index >= 15 is 0 Å². The second-order valence-corrected chi connectivity index (χ2v) is 5.56. The zero-order valence-electron chi connectivity index (χ0n) is 12.0. The summed E-state index contributed by atoms with van der Waals surface area (Å²) in [6.07, 6.45) is 5.17. The number of hydrogen-bond donors (Lipinski definition) is 1. The van der Waals surface area contributed by atoms with Crippen LogP contribution < -0.4 is 0 Å². The van der Waals surface area contributed by atoms with Gasteiger partial charge in [-0.15, -0.1) is 0 Å². The molecular weight excluding hydrogens is 216 g/mol. The van der Waals surface area contributed by atoms with Gasteiger partial charge in [-0.2, -0.15) is 0 Å². The van der Waals surface area contributed by atoms with Gasteiger partial charge in [-0.25, -0.2) is 0 Å². The van der Waals surface area contributed by atoms with Gasteiger partial charge in [0.2, 0.25) is 0 Å². The van der Waals surface area contributed by atoms with Crippen LogP contribution in [0.2, 0.25) is 0 Å². The molecule has 3 nitrogen and oxygen atoms in total. The summed E-state index contributed by atoms with van der Waals surface area (Å²) in [6.45, 7) is 10.6. The van der Waals surface area contributed by atoms with Crippen LogP contribution in [0.4, 0.5) is 0 Å². The van der Waals surface area contributed by atoms with E-state index in [9.17, 15) is 0 Å². The van der Waals surface area contributed by atoms with Crippen molar-refractivity contribution >= 4 is 0 Å². The molecule has 0 amide bonds. The van der Waals surface area contributed by atoms with Gasteiger partial charge in [0.05, 0.1) is 32.5 Å². The van der Waals surface area contributed by atoms with Gasteiger partial charge in [-0.3, -0.25) is 0 Å². The summed E-state index contributed by atoms with van der Waals surface area (Å²) in [7, 11) is 0. The summed E-state index contributed by atoms with van der Waals surface area (Å²) in [5, 5.41) is 8.58. The first kappa shape index (κ1) is 16.9. The van der Waals surface area contributed by atoms with Gasteiger partial charge >= 0.3 is 0 Å². The lowest BCUT2D eigenvalue weighted by Crippen LogP contribution is -2.30. The highest BCUT2D eigenvalue weighted by molar-refractivity contribution is 4.74. The van der Waals surface area contributed by atoms with E-state index in [0.717, 1.165) is 6.42 Å². The molecule has 0 saturated carbocycles. The number of ether oxygens (including phenoxy) is 2. The zero-order chi connectivity index (χ0) is 13.1. The average Bonchev–Trinajstić information content (AvgIpc) is 2.25. The first-order chi connectivity index (χ1) is 8.02. The Morgan fingerprint density at radius 3 is 2.29 bits per heavy atom. The van der Waals surface area contributed by atoms with Crippen LogP contribution in [-0.2, 0) is 9.47 Å². The molecule has 0 aliphatic heterocycles. The predicted octanol–water partition coefficient (Wildman–Crippen LogP) is 3.01. The highest BCUT2D eigenvalue weighted by Crippen LogP contribution is 2.26. The van der Waals surface area contributed by atoms with Crippen LogP contribution in [0.1, 0.15) is 53.4 Å². The van der Waals surface area contributed by atoms with E-state index in [1.165, 1.54) is 19.3 Å². The molecule has 3 heteroatoms. The second kappa shape index (κ2) is 9.86. The van der Waals surface area contributed by atoms with Gasteiger partial charge in [0, 0.05) is 0 Å². The summed E-state index contributed by atoms with van der Waals surface area (Å²) < 4.78 is 11.1. The Morgan fingerprint density at radius 1 is 1.06 bits per heavy atom. The molecular formula is C14H30O3. The quantitative estimate of drug-likeness (QED) is 0.602. The number of aliphatic hydroxyl groups excluding tert-OH is 1. The smallest absolute Gasteiger partial charge is 0.0704 e. The number of hydrogen-bond acceptors (Lipinski definition) is 3. The van der Waals surface area contributed by atoms with E-state index in [1.54, 1.807) is 0 Å². The van der Waals surface area contributed by atoms with Gasteiger partial charge in [-0.1, -0.05) is 47.0 Å². The Morgan fingerprint density at radius 2 is 1.76 bits per heavy atom. The maximum absolute atomic E-state index is 8.58. The van der Waals surface area contributed by atoms with E-state index in [2.05, 4.69) is 27.7 Å². The molecule has 0 heterocycles. The van der Waals surface area contributed by atoms with Crippen molar-refractivity contribution < 1.29 is 14.6 Å². The van der Waals surface area contributed by atoms with Gasteiger partial charge in [0.15, 0.2) is 0 Å². The molecule has 17 heavy (non-hydrogen) atoms. The van der Waals surface area contributed by atoms with Crippen molar-refractivity contribution in [2.24, 2.45) is 5.41 Å². The third-order valence-corrected chi connectivity index (χ3v) is 2.82. The molecule has 1 N–H and O–H groups in total. The minimum absolute atomic E-state index is 0.0825. The van der Waals surface area contributed by atoms with E-state index in [4.69, 9.17) is 14.6 Å². The Bertz CT molecular complexity index is 163. The van der Waals surface area contributed by atoms with E-state index in [0.29, 0.717) is 25.9 Å². The molecule has 0 rings (SSSR count). The van der Waals surface area contributed by atoms with Crippen molar-refractivity contribution in [3.05, 3.63) is 0 Å². The second-order valence-electron chi connectivity index (χ2n) is 5.56. The van der Waals surface area contributed by atoms with Crippen molar-refractivity contribution in [1.82, 2.24) is 0 Å². The van der Waals surface area contributed by atoms with Crippen LogP contribution in [0.5, 0.6) is 0 Å². The van der Waals surface area contributed by atoms with Crippen molar-refractivity contribution in [2.45, 2.75) is 59.5 Å². The lowest BCUT2D eigenvalue weighted by Gasteiger charge is -2.30. The highest BCUT2D eigenvalue weighted by Gasteiger charge is 2.24. The number of aliphatic hydroxyl groups is 1. The number of unbranched alkanes of at least 4 members (excludes halogenated alkanes) is 2. The average molecular weight is 246 g/mol. The fourth-order valence-corrected chi connectivity index (χ4v) is 1.76. The van der Waals surface area contributed by atoms with Crippen molar-refractivity contribution in [3.63, 3.8) is 0 Å². The highest BCUT2D eigenvalue weighted by atomic mass is 16.5. The molecule has 0 radical (unpaired) electrons. The molecule has 0 aliphatic carbocycles. The summed E-state index contributed by atoms with van der Waals surface area (Å²) >= 11 is 0. The first-order valence-corrected chi connectivity index (χ1v) is 6.82. The van der Waals surface area contributed by atoms with E-state index in [-0.39, 0.29) is 12.0 Å². The molecule has 0 fully saturated rings. The maximum atomic E-state index is 8.58. The minimum atomic E-state index is 0.0825. The van der Waals surface area contributed by atoms with Gasteiger partial charge in [-0.05, 0) is 11.8 Å². The Balaban J connectivity index is 3.78. The fourth-order valence-electron chi connectivity index (χ4n) is 1.76. The topological polar surface area (TPSA) is 38.7 Å². The molecule has 0 aromatic rings. The standard InChI is InChI=1S/C14H30O3/c1-5-6-7-8-13(14(2,3)4)17-12-11-16-10-9-15/h13,15H,5-12H2,1-4H3. The normalized spacial score (nSPS) is 13.9. The Hall–Kier alpha value is -0.120. The summed E-state index contributed by atoms with van der Waals surface area (Å²) in [4.78, 5) is 0. The van der Waals surface area contributed by atoms with Gasteiger partial charge in [0.1, 0.15) is 0 Å². The third-order valence-electron chi connectivity index (χ3n) is 2.82. The van der Waals surface area contributed by atoms with Crippen LogP contribution in [0.15, 0.2) is 0 Å². The van der Waals surface area contributed by atoms with Crippen LogP contribution in [0, 0.1) is 5.41 Å². The van der Waals surface area contributed by atoms with E-state index in [1.807, 2.05) is 0 Å². The molecule has 0 aliphatic rings. The maximum Gasteiger partial charge on any atom is 0.0704 e. The summed E-state index contributed by atoms with van der Waals surface area (Å²) in [5.74, 6) is 0. The van der Waals surface area contributed by atoms with Crippen molar-refractivity contribution in [1.29, 1.82) is 0 Å². The fraction of sp³-hybridized carbons (Fsp3) is 1.00. The summed E-state index contributed by atoms with van der Waals surface area (Å²) in [6, 6.07) is 0. The Kier molecular flexibility index (Phi) is 9.79. The SMILES string of the molecule is CCCCCC(OCCOCCO)C(C)(C)C. The van der Waals surface area contributed by atoms with Crippen molar-refractivity contribution in [3.8, 4) is 0 Å². The predicted molar refractivity (Wildman–Crippen MR) is 71.2 cm³/mol. The lowest BCUT2D eigenvalue weighted by atomic mass is 9.86. The van der Waals surface area contributed by atoms with Crippen LogP contribution in [0.3, 0.4) is 0 Å². The van der Waals surface area contributed by atoms with Crippen molar-refractivity contribution in [2.75, 3.05) is 26.4 Å². The van der Waals surface area contributed by atoms with E-state index < -0.39 is 0 Å². The molecule has 1 unspecified atom stereocenters. The largest absolute Gasteiger partial charge is 0.394 e. The van der Waals surface area contributed by atoms with Crippen LogP contribution in [-0.4, -0.2) is 37.6 Å². The minimum Gasteiger partial charge on any atom is -0.394 e. The molecule has 0 spiro atoms. The monoisotopic (exact) mass is 246 g/mol. The zero-order valence-corrected chi connectivity index (χ0v) is 12.0.